The smallest absolute Gasteiger partial charge is 0.229 e. The Kier molecular flexibility index (Phi) is 10.5. The molecule has 1 unspecified atom stereocenters. The molecule has 41 heavy (non-hydrogen) atoms. The first-order chi connectivity index (χ1) is 19.1. The van der Waals surface area contributed by atoms with Gasteiger partial charge < -0.3 is 10.6 Å². The Labute approximate surface area is 248 Å². The van der Waals surface area contributed by atoms with Gasteiger partial charge in [-0.1, -0.05) is 60.7 Å². The number of fused-ring (bicyclic) bond motifs is 1. The van der Waals surface area contributed by atoms with Gasteiger partial charge in [0.25, 0.3) is 0 Å². The van der Waals surface area contributed by atoms with Crippen LogP contribution in [0.15, 0.2) is 102 Å². The number of benzene rings is 3. The van der Waals surface area contributed by atoms with E-state index in [0.29, 0.717) is 34.4 Å². The van der Waals surface area contributed by atoms with E-state index < -0.39 is 18.1 Å². The van der Waals surface area contributed by atoms with E-state index in [2.05, 4.69) is 32.0 Å². The highest BCUT2D eigenvalue weighted by Gasteiger charge is 2.40. The van der Waals surface area contributed by atoms with Crippen molar-refractivity contribution in [2.24, 2.45) is 0 Å². The molecule has 0 spiro atoms. The lowest BCUT2D eigenvalue weighted by Gasteiger charge is -2.33. The molecule has 2 aliphatic rings. The van der Waals surface area contributed by atoms with Gasteiger partial charge in [0.15, 0.2) is 11.6 Å². The molecular formula is C29H28Cl2N2O6S2. The fraction of sp³-hybridized carbons (Fsp3) is 0.172. The fourth-order valence-corrected chi connectivity index (χ4v) is 4.38. The quantitative estimate of drug-likeness (QED) is 0.339. The van der Waals surface area contributed by atoms with E-state index in [1.54, 1.807) is 6.07 Å². The molecule has 0 fully saturated rings. The molecule has 0 bridgehead atoms. The molecule has 0 radical (unpaired) electrons. The summed E-state index contributed by atoms with van der Waals surface area (Å²) >= 11 is 0. The van der Waals surface area contributed by atoms with Crippen LogP contribution in [0.3, 0.4) is 0 Å². The molecule has 5 rings (SSSR count). The first kappa shape index (κ1) is 32.1. The van der Waals surface area contributed by atoms with Crippen LogP contribution in [0.5, 0.6) is 0 Å². The second kappa shape index (κ2) is 13.5. The third kappa shape index (κ3) is 9.57. The first-order valence-corrected chi connectivity index (χ1v) is 17.6. The molecule has 0 aromatic heterocycles. The SMILES string of the molecule is CS(=O)(=O)Cl.CS(=O)(=O)Cl.Cc1cccc2c1C(=O)C1=C(C2=O)C(Nc2ccccc2)CC=C1Nc1ccccc1. The molecule has 3 aromatic carbocycles. The number of rotatable bonds is 4. The highest BCUT2D eigenvalue weighted by atomic mass is 35.7. The molecule has 3 aromatic rings. The van der Waals surface area contributed by atoms with Crippen molar-refractivity contribution in [3.05, 3.63) is 118 Å². The van der Waals surface area contributed by atoms with Crippen LogP contribution in [0.4, 0.5) is 11.4 Å². The van der Waals surface area contributed by atoms with Crippen molar-refractivity contribution in [3.63, 3.8) is 0 Å². The Morgan fingerprint density at radius 3 is 1.78 bits per heavy atom. The molecule has 0 heterocycles. The van der Waals surface area contributed by atoms with E-state index in [1.165, 1.54) is 0 Å². The summed E-state index contributed by atoms with van der Waals surface area (Å²) < 4.78 is 37.6. The Morgan fingerprint density at radius 1 is 0.732 bits per heavy atom. The molecule has 12 heteroatoms. The lowest BCUT2D eigenvalue weighted by Crippen LogP contribution is -2.37. The van der Waals surface area contributed by atoms with Gasteiger partial charge >= 0.3 is 0 Å². The first-order valence-electron chi connectivity index (χ1n) is 12.2. The predicted molar refractivity (Wildman–Crippen MR) is 165 cm³/mol. The van der Waals surface area contributed by atoms with Crippen LogP contribution < -0.4 is 10.6 Å². The number of para-hydroxylation sites is 2. The standard InChI is InChI=1S/C27H22N2O2.2CH3ClO2S/c1-17-9-8-14-20-23(17)27(31)25-22(29-19-12-6-3-7-13-19)16-15-21(24(25)26(20)30)28-18-10-4-2-5-11-18;2*1-5(2,3)4/h2-14,16,21,28-29H,15H2,1H3;2*1H3. The minimum atomic E-state index is -3.19. The van der Waals surface area contributed by atoms with Crippen LogP contribution in [0, 0.1) is 6.92 Å². The molecule has 2 aliphatic carbocycles. The fourth-order valence-electron chi connectivity index (χ4n) is 4.38. The van der Waals surface area contributed by atoms with Crippen molar-refractivity contribution in [2.45, 2.75) is 19.4 Å². The number of ketones is 2. The number of nitrogens with one attached hydrogen (secondary N) is 2. The van der Waals surface area contributed by atoms with Crippen molar-refractivity contribution in [3.8, 4) is 0 Å². The molecule has 216 valence electrons. The number of carbonyl (C=O) groups excluding carboxylic acids is 2. The zero-order chi connectivity index (χ0) is 30.4. The highest BCUT2D eigenvalue weighted by molar-refractivity contribution is 8.13. The number of halogens is 2. The van der Waals surface area contributed by atoms with E-state index in [4.69, 9.17) is 0 Å². The third-order valence-electron chi connectivity index (χ3n) is 5.83. The molecule has 2 N–H and O–H groups in total. The lowest BCUT2D eigenvalue weighted by atomic mass is 9.75. The van der Waals surface area contributed by atoms with Crippen molar-refractivity contribution in [1.82, 2.24) is 0 Å². The van der Waals surface area contributed by atoms with Gasteiger partial charge in [-0.05, 0) is 43.2 Å². The van der Waals surface area contributed by atoms with Crippen LogP contribution in [-0.2, 0) is 18.1 Å². The van der Waals surface area contributed by atoms with E-state index in [-0.39, 0.29) is 17.6 Å². The summed E-state index contributed by atoms with van der Waals surface area (Å²) in [5.74, 6) is -0.181. The number of hydrogen-bond donors (Lipinski definition) is 2. The van der Waals surface area contributed by atoms with Gasteiger partial charge in [-0.25, -0.2) is 16.8 Å². The second-order valence-electron chi connectivity index (χ2n) is 9.22. The maximum absolute atomic E-state index is 13.7. The van der Waals surface area contributed by atoms with Gasteiger partial charge in [0.1, 0.15) is 0 Å². The molecule has 0 aliphatic heterocycles. The Bertz CT molecular complexity index is 1680. The Hall–Kier alpha value is -3.44. The topological polar surface area (TPSA) is 126 Å². The summed E-state index contributed by atoms with van der Waals surface area (Å²) in [5, 5.41) is 6.83. The zero-order valence-electron chi connectivity index (χ0n) is 22.4. The van der Waals surface area contributed by atoms with Crippen LogP contribution >= 0.6 is 21.4 Å². The van der Waals surface area contributed by atoms with E-state index in [0.717, 1.165) is 29.4 Å². The maximum Gasteiger partial charge on any atom is 0.229 e. The summed E-state index contributed by atoms with van der Waals surface area (Å²) in [6.45, 7) is 1.88. The van der Waals surface area contributed by atoms with Crippen LogP contribution in [0.2, 0.25) is 0 Å². The molecule has 0 amide bonds. The highest BCUT2D eigenvalue weighted by Crippen LogP contribution is 2.38. The number of hydrogen-bond acceptors (Lipinski definition) is 8. The van der Waals surface area contributed by atoms with Gasteiger partial charge in [0.05, 0.1) is 24.1 Å². The number of anilines is 2. The van der Waals surface area contributed by atoms with Gasteiger partial charge in [0.2, 0.25) is 18.1 Å². The molecular weight excluding hydrogens is 607 g/mol. The van der Waals surface area contributed by atoms with Gasteiger partial charge in [-0.2, -0.15) is 0 Å². The van der Waals surface area contributed by atoms with Crippen molar-refractivity contribution in [1.29, 1.82) is 0 Å². The summed E-state index contributed by atoms with van der Waals surface area (Å²) in [7, 11) is 2.62. The van der Waals surface area contributed by atoms with E-state index >= 15 is 0 Å². The average Bonchev–Trinajstić information content (AvgIpc) is 2.87. The van der Waals surface area contributed by atoms with Gasteiger partial charge in [-0.15, -0.1) is 0 Å². The normalized spacial score (nSPS) is 16.1. The van der Waals surface area contributed by atoms with Crippen LogP contribution in [-0.4, -0.2) is 47.0 Å². The monoisotopic (exact) mass is 634 g/mol. The molecule has 0 saturated carbocycles. The number of aryl methyl sites for hydroxylation is 1. The van der Waals surface area contributed by atoms with Crippen LogP contribution in [0.1, 0.15) is 32.7 Å². The largest absolute Gasteiger partial charge is 0.378 e. The molecule has 8 nitrogen and oxygen atoms in total. The minimum Gasteiger partial charge on any atom is -0.378 e. The van der Waals surface area contributed by atoms with Gasteiger partial charge in [0, 0.05) is 55.1 Å². The van der Waals surface area contributed by atoms with E-state index in [9.17, 15) is 26.4 Å². The molecule has 0 saturated heterocycles. The summed E-state index contributed by atoms with van der Waals surface area (Å²) in [5.41, 5.74) is 5.31. The van der Waals surface area contributed by atoms with Crippen molar-refractivity contribution >= 4 is 62.4 Å². The predicted octanol–water partition coefficient (Wildman–Crippen LogP) is 5.92. The zero-order valence-corrected chi connectivity index (χ0v) is 25.5. The van der Waals surface area contributed by atoms with Crippen LogP contribution in [0.25, 0.3) is 0 Å². The lowest BCUT2D eigenvalue weighted by molar-refractivity contribution is 0.0970. The number of carbonyl (C=O) groups is 2. The molecule has 1 atom stereocenters. The Morgan fingerprint density at radius 2 is 1.24 bits per heavy atom. The van der Waals surface area contributed by atoms with E-state index in [1.807, 2.05) is 85.8 Å². The minimum absolute atomic E-state index is 0.0813. The van der Waals surface area contributed by atoms with Crippen molar-refractivity contribution in [2.75, 3.05) is 23.1 Å². The summed E-state index contributed by atoms with van der Waals surface area (Å²) in [6.07, 6.45) is 4.47. The average molecular weight is 636 g/mol. The number of Topliss-reactive ketones (excluding diaryl/α,β-unsaturated/α-hetero) is 2. The summed E-state index contributed by atoms with van der Waals surface area (Å²) in [4.78, 5) is 27.3. The summed E-state index contributed by atoms with van der Waals surface area (Å²) in [6, 6.07) is 24.7. The third-order valence-corrected chi connectivity index (χ3v) is 5.83. The Balaban J connectivity index is 0.000000400. The maximum atomic E-state index is 13.7. The van der Waals surface area contributed by atoms with Gasteiger partial charge in [-0.3, -0.25) is 9.59 Å². The number of allylic oxidation sites excluding steroid dienone is 1. The van der Waals surface area contributed by atoms with Crippen molar-refractivity contribution < 1.29 is 26.4 Å². The second-order valence-corrected chi connectivity index (χ2v) is 15.3.